The Balaban J connectivity index is 2.48. The van der Waals surface area contributed by atoms with E-state index in [1.54, 1.807) is 0 Å². The molecule has 1 heterocycles. The van der Waals surface area contributed by atoms with Crippen LogP contribution in [0, 0.1) is 0 Å². The highest BCUT2D eigenvalue weighted by Crippen LogP contribution is 2.15. The van der Waals surface area contributed by atoms with Crippen molar-refractivity contribution in [2.24, 2.45) is 0 Å². The van der Waals surface area contributed by atoms with E-state index in [9.17, 15) is 0 Å². The average molecular weight is 263 g/mol. The van der Waals surface area contributed by atoms with Crippen LogP contribution in [-0.2, 0) is 6.42 Å². The fourth-order valence-corrected chi connectivity index (χ4v) is 2.29. The zero-order valence-corrected chi connectivity index (χ0v) is 12.9. The maximum atomic E-state index is 4.70. The molecule has 1 rings (SSSR count). The molecule has 0 aliphatic heterocycles. The monoisotopic (exact) mass is 263 g/mol. The number of hydrogen-bond donors (Lipinski definition) is 1. The second-order valence-corrected chi connectivity index (χ2v) is 5.13. The van der Waals surface area contributed by atoms with Crippen LogP contribution < -0.4 is 5.32 Å². The lowest BCUT2D eigenvalue weighted by molar-refractivity contribution is 0.426. The summed E-state index contributed by atoms with van der Waals surface area (Å²) in [6, 6.07) is 2.70. The van der Waals surface area contributed by atoms with Crippen LogP contribution in [0.2, 0.25) is 0 Å². The first-order valence-electron chi connectivity index (χ1n) is 7.61. The second kappa shape index (κ2) is 8.92. The highest BCUT2D eigenvalue weighted by molar-refractivity contribution is 5.12. The molecular formula is C16H29N3. The van der Waals surface area contributed by atoms with Crippen molar-refractivity contribution in [2.45, 2.75) is 59.4 Å². The molecule has 0 radical (unpaired) electrons. The summed E-state index contributed by atoms with van der Waals surface area (Å²) in [6.07, 6.45) is 8.81. The third-order valence-electron chi connectivity index (χ3n) is 3.50. The molecular weight excluding hydrogens is 234 g/mol. The van der Waals surface area contributed by atoms with Crippen LogP contribution in [-0.4, -0.2) is 22.9 Å². The summed E-state index contributed by atoms with van der Waals surface area (Å²) >= 11 is 0. The smallest absolute Gasteiger partial charge is 0.0664 e. The van der Waals surface area contributed by atoms with Crippen LogP contribution in [0.4, 0.5) is 0 Å². The van der Waals surface area contributed by atoms with Crippen molar-refractivity contribution in [3.05, 3.63) is 29.6 Å². The standard InChI is InChI=1S/C16H29N3/c1-5-16(6-2)19-12-10-15(18-19)13-14(4)9-8-11-17-7-3/h9-10,12,16-17H,5-8,11,13H2,1-4H3. The molecule has 0 saturated heterocycles. The van der Waals surface area contributed by atoms with Crippen LogP contribution in [0.3, 0.4) is 0 Å². The topological polar surface area (TPSA) is 29.9 Å². The highest BCUT2D eigenvalue weighted by Gasteiger charge is 2.07. The number of allylic oxidation sites excluding steroid dienone is 1. The van der Waals surface area contributed by atoms with Crippen molar-refractivity contribution in [3.63, 3.8) is 0 Å². The molecule has 3 nitrogen and oxygen atoms in total. The van der Waals surface area contributed by atoms with E-state index in [4.69, 9.17) is 5.10 Å². The van der Waals surface area contributed by atoms with Crippen LogP contribution in [0.15, 0.2) is 23.9 Å². The van der Waals surface area contributed by atoms with Gasteiger partial charge >= 0.3 is 0 Å². The predicted octanol–water partition coefficient (Wildman–Crippen LogP) is 3.73. The number of aromatic nitrogens is 2. The largest absolute Gasteiger partial charge is 0.317 e. The Bertz CT molecular complexity index is 375. The molecule has 0 aliphatic rings. The zero-order valence-electron chi connectivity index (χ0n) is 12.9. The third-order valence-corrected chi connectivity index (χ3v) is 3.50. The van der Waals surface area contributed by atoms with E-state index in [0.717, 1.165) is 38.8 Å². The number of nitrogens with zero attached hydrogens (tertiary/aromatic N) is 2. The SMILES string of the molecule is CCNCCC=C(C)Cc1ccn(C(CC)CC)n1. The molecule has 0 amide bonds. The second-order valence-electron chi connectivity index (χ2n) is 5.13. The minimum absolute atomic E-state index is 0.548. The molecule has 0 spiro atoms. The van der Waals surface area contributed by atoms with Crippen molar-refractivity contribution in [2.75, 3.05) is 13.1 Å². The van der Waals surface area contributed by atoms with Gasteiger partial charge < -0.3 is 5.32 Å². The van der Waals surface area contributed by atoms with Crippen molar-refractivity contribution in [1.29, 1.82) is 0 Å². The summed E-state index contributed by atoms with van der Waals surface area (Å²) in [5.74, 6) is 0. The first-order chi connectivity index (χ1) is 9.21. The maximum absolute atomic E-state index is 4.70. The lowest BCUT2D eigenvalue weighted by Gasteiger charge is -2.12. The summed E-state index contributed by atoms with van der Waals surface area (Å²) in [5.41, 5.74) is 2.59. The molecule has 108 valence electrons. The first kappa shape index (κ1) is 16.0. The first-order valence-corrected chi connectivity index (χ1v) is 7.61. The Labute approximate surface area is 118 Å². The molecule has 1 aromatic rings. The molecule has 3 heteroatoms. The minimum Gasteiger partial charge on any atom is -0.317 e. The normalized spacial score (nSPS) is 12.4. The van der Waals surface area contributed by atoms with Gasteiger partial charge in [-0.1, -0.05) is 32.4 Å². The van der Waals surface area contributed by atoms with Gasteiger partial charge in [-0.3, -0.25) is 4.68 Å². The Morgan fingerprint density at radius 2 is 2.11 bits per heavy atom. The van der Waals surface area contributed by atoms with Gasteiger partial charge in [-0.25, -0.2) is 0 Å². The van der Waals surface area contributed by atoms with E-state index in [0.29, 0.717) is 6.04 Å². The number of hydrogen-bond acceptors (Lipinski definition) is 2. The van der Waals surface area contributed by atoms with Gasteiger partial charge in [0.15, 0.2) is 0 Å². The molecule has 0 bridgehead atoms. The Kier molecular flexibility index (Phi) is 7.49. The van der Waals surface area contributed by atoms with E-state index in [2.05, 4.69) is 56.0 Å². The van der Waals surface area contributed by atoms with Gasteiger partial charge in [-0.15, -0.1) is 0 Å². The molecule has 19 heavy (non-hydrogen) atoms. The van der Waals surface area contributed by atoms with Crippen molar-refractivity contribution in [3.8, 4) is 0 Å². The van der Waals surface area contributed by atoms with Gasteiger partial charge in [0.1, 0.15) is 0 Å². The maximum Gasteiger partial charge on any atom is 0.0664 e. The van der Waals surface area contributed by atoms with Crippen molar-refractivity contribution < 1.29 is 0 Å². The van der Waals surface area contributed by atoms with Gasteiger partial charge in [0.25, 0.3) is 0 Å². The predicted molar refractivity (Wildman–Crippen MR) is 82.5 cm³/mol. The van der Waals surface area contributed by atoms with Gasteiger partial charge in [-0.05, 0) is 45.3 Å². The quantitative estimate of drug-likeness (QED) is 0.543. The summed E-state index contributed by atoms with van der Waals surface area (Å²) in [4.78, 5) is 0. The Morgan fingerprint density at radius 3 is 2.74 bits per heavy atom. The summed E-state index contributed by atoms with van der Waals surface area (Å²) in [7, 11) is 0. The Hall–Kier alpha value is -1.09. The van der Waals surface area contributed by atoms with E-state index in [1.807, 2.05) is 0 Å². The van der Waals surface area contributed by atoms with Gasteiger partial charge in [0, 0.05) is 12.6 Å². The van der Waals surface area contributed by atoms with Crippen molar-refractivity contribution in [1.82, 2.24) is 15.1 Å². The van der Waals surface area contributed by atoms with Gasteiger partial charge in [0.2, 0.25) is 0 Å². The lowest BCUT2D eigenvalue weighted by atomic mass is 10.1. The molecule has 0 unspecified atom stereocenters. The molecule has 0 atom stereocenters. The number of rotatable bonds is 9. The fraction of sp³-hybridized carbons (Fsp3) is 0.688. The molecule has 1 aromatic heterocycles. The highest BCUT2D eigenvalue weighted by atomic mass is 15.3. The van der Waals surface area contributed by atoms with Crippen LogP contribution in [0.5, 0.6) is 0 Å². The van der Waals surface area contributed by atoms with Crippen LogP contribution in [0.1, 0.15) is 58.7 Å². The third kappa shape index (κ3) is 5.60. The van der Waals surface area contributed by atoms with E-state index in [1.165, 1.54) is 11.3 Å². The summed E-state index contributed by atoms with van der Waals surface area (Å²) in [6.45, 7) is 10.9. The average Bonchev–Trinajstić information content (AvgIpc) is 2.84. The molecule has 0 saturated carbocycles. The van der Waals surface area contributed by atoms with E-state index in [-0.39, 0.29) is 0 Å². The van der Waals surface area contributed by atoms with Crippen molar-refractivity contribution >= 4 is 0 Å². The van der Waals surface area contributed by atoms with Crippen LogP contribution >= 0.6 is 0 Å². The molecule has 0 aliphatic carbocycles. The summed E-state index contributed by atoms with van der Waals surface area (Å²) in [5, 5.41) is 8.03. The molecule has 1 N–H and O–H groups in total. The van der Waals surface area contributed by atoms with Gasteiger partial charge in [-0.2, -0.15) is 5.10 Å². The van der Waals surface area contributed by atoms with Crippen LogP contribution in [0.25, 0.3) is 0 Å². The van der Waals surface area contributed by atoms with Gasteiger partial charge in [0.05, 0.1) is 11.7 Å². The fourth-order valence-electron chi connectivity index (χ4n) is 2.29. The molecule has 0 aromatic carbocycles. The molecule has 0 fully saturated rings. The van der Waals surface area contributed by atoms with E-state index < -0.39 is 0 Å². The van der Waals surface area contributed by atoms with E-state index >= 15 is 0 Å². The minimum atomic E-state index is 0.548. The number of nitrogens with one attached hydrogen (secondary N) is 1. The Morgan fingerprint density at radius 1 is 1.37 bits per heavy atom. The zero-order chi connectivity index (χ0) is 14.1. The lowest BCUT2D eigenvalue weighted by Crippen LogP contribution is -2.13. The summed E-state index contributed by atoms with van der Waals surface area (Å²) < 4.78 is 2.13.